The van der Waals surface area contributed by atoms with Gasteiger partial charge < -0.3 is 16.0 Å². The highest BCUT2D eigenvalue weighted by atomic mass is 35.5. The topological polar surface area (TPSA) is 87.3 Å². The van der Waals surface area contributed by atoms with Gasteiger partial charge in [0, 0.05) is 26.7 Å². The SMILES string of the molecule is CC(Sc1cccc(NC(=O)/C(=C\c2c(F)cccc2Cl)NC(=O)c2ccccc2)c1)C(=O)Nc1ccc(Cl)cc1C(F)(F)F. The van der Waals surface area contributed by atoms with Gasteiger partial charge in [-0.3, -0.25) is 14.4 Å². The Labute approximate surface area is 269 Å². The Kier molecular flexibility index (Phi) is 10.9. The lowest BCUT2D eigenvalue weighted by molar-refractivity contribution is -0.137. The molecule has 4 aromatic rings. The van der Waals surface area contributed by atoms with Crippen molar-refractivity contribution in [2.45, 2.75) is 23.2 Å². The van der Waals surface area contributed by atoms with E-state index in [1.165, 1.54) is 43.3 Å². The first-order chi connectivity index (χ1) is 21.3. The summed E-state index contributed by atoms with van der Waals surface area (Å²) in [5, 5.41) is 6.46. The Hall–Kier alpha value is -4.32. The molecule has 0 aliphatic rings. The zero-order chi connectivity index (χ0) is 32.7. The van der Waals surface area contributed by atoms with E-state index in [0.717, 1.165) is 36.0 Å². The maximum atomic E-state index is 14.6. The van der Waals surface area contributed by atoms with Crippen LogP contribution in [0.2, 0.25) is 10.0 Å². The molecule has 0 saturated carbocycles. The summed E-state index contributed by atoms with van der Waals surface area (Å²) in [5.41, 5.74) is -1.42. The van der Waals surface area contributed by atoms with E-state index in [2.05, 4.69) is 16.0 Å². The minimum absolute atomic E-state index is 0.0147. The Morgan fingerprint density at radius 3 is 2.27 bits per heavy atom. The van der Waals surface area contributed by atoms with Crippen LogP contribution in [0, 0.1) is 5.82 Å². The lowest BCUT2D eigenvalue weighted by Gasteiger charge is -2.17. The molecule has 0 aliphatic carbocycles. The maximum Gasteiger partial charge on any atom is 0.418 e. The molecular weight excluding hydrogens is 653 g/mol. The van der Waals surface area contributed by atoms with Crippen molar-refractivity contribution in [3.8, 4) is 0 Å². The van der Waals surface area contributed by atoms with E-state index < -0.39 is 46.2 Å². The summed E-state index contributed by atoms with van der Waals surface area (Å²) < 4.78 is 54.9. The van der Waals surface area contributed by atoms with Crippen molar-refractivity contribution in [3.63, 3.8) is 0 Å². The Balaban J connectivity index is 1.52. The summed E-state index contributed by atoms with van der Waals surface area (Å²) >= 11 is 12.9. The molecule has 1 atom stereocenters. The fourth-order valence-corrected chi connectivity index (χ4v) is 5.25. The molecule has 0 radical (unpaired) electrons. The van der Waals surface area contributed by atoms with Crippen molar-refractivity contribution in [3.05, 3.63) is 129 Å². The van der Waals surface area contributed by atoms with Crippen LogP contribution in [0.4, 0.5) is 28.9 Å². The number of hydrogen-bond donors (Lipinski definition) is 3. The van der Waals surface area contributed by atoms with Crippen LogP contribution in [-0.2, 0) is 15.8 Å². The molecule has 0 spiro atoms. The van der Waals surface area contributed by atoms with Crippen LogP contribution in [0.1, 0.15) is 28.4 Å². The summed E-state index contributed by atoms with van der Waals surface area (Å²) in [7, 11) is 0. The van der Waals surface area contributed by atoms with Crippen molar-refractivity contribution in [2.75, 3.05) is 10.6 Å². The van der Waals surface area contributed by atoms with Gasteiger partial charge in [-0.2, -0.15) is 13.2 Å². The van der Waals surface area contributed by atoms with Gasteiger partial charge in [0.05, 0.1) is 21.5 Å². The van der Waals surface area contributed by atoms with E-state index in [-0.39, 0.29) is 32.6 Å². The average molecular weight is 677 g/mol. The molecule has 0 aliphatic heterocycles. The van der Waals surface area contributed by atoms with Crippen LogP contribution >= 0.6 is 35.0 Å². The lowest BCUT2D eigenvalue weighted by atomic mass is 10.1. The largest absolute Gasteiger partial charge is 0.418 e. The van der Waals surface area contributed by atoms with E-state index in [4.69, 9.17) is 23.2 Å². The predicted molar refractivity (Wildman–Crippen MR) is 169 cm³/mol. The zero-order valence-electron chi connectivity index (χ0n) is 23.2. The Bertz CT molecular complexity index is 1750. The standard InChI is InChI=1S/C32H23Cl2F4N3O3S/c1-18(29(42)40-27-14-13-20(33)15-24(27)32(36,37)38)45-22-10-5-9-21(16-22)39-31(44)28(17-23-25(34)11-6-12-26(23)35)41-30(43)19-7-3-2-4-8-19/h2-18H,1H3,(H,39,44)(H,40,42)(H,41,43)/b28-17+. The number of nitrogens with one attached hydrogen (secondary N) is 3. The second-order valence-corrected chi connectivity index (χ2v) is 11.7. The number of anilines is 2. The van der Waals surface area contributed by atoms with Gasteiger partial charge in [-0.25, -0.2) is 4.39 Å². The van der Waals surface area contributed by atoms with Gasteiger partial charge >= 0.3 is 6.18 Å². The molecule has 4 rings (SSSR count). The van der Waals surface area contributed by atoms with Crippen molar-refractivity contribution in [2.24, 2.45) is 0 Å². The van der Waals surface area contributed by atoms with Crippen molar-refractivity contribution >= 4 is 70.1 Å². The third kappa shape index (κ3) is 9.10. The molecule has 0 bridgehead atoms. The van der Waals surface area contributed by atoms with E-state index in [9.17, 15) is 31.9 Å². The van der Waals surface area contributed by atoms with Crippen molar-refractivity contribution < 1.29 is 31.9 Å². The summed E-state index contributed by atoms with van der Waals surface area (Å²) in [6, 6.07) is 21.4. The number of amides is 3. The van der Waals surface area contributed by atoms with E-state index in [1.807, 2.05) is 0 Å². The fourth-order valence-electron chi connectivity index (χ4n) is 3.93. The molecule has 0 fully saturated rings. The molecule has 3 N–H and O–H groups in total. The highest BCUT2D eigenvalue weighted by Gasteiger charge is 2.34. The number of halogens is 6. The van der Waals surface area contributed by atoms with Crippen LogP contribution in [0.5, 0.6) is 0 Å². The predicted octanol–water partition coefficient (Wildman–Crippen LogP) is 8.68. The van der Waals surface area contributed by atoms with E-state index in [1.54, 1.807) is 36.4 Å². The number of carbonyl (C=O) groups is 3. The van der Waals surface area contributed by atoms with E-state index in [0.29, 0.717) is 4.90 Å². The van der Waals surface area contributed by atoms with Gasteiger partial charge in [-0.1, -0.05) is 53.5 Å². The molecule has 13 heteroatoms. The summed E-state index contributed by atoms with van der Waals surface area (Å²) in [5.74, 6) is -2.83. The quantitative estimate of drug-likeness (QED) is 0.0941. The van der Waals surface area contributed by atoms with Crippen LogP contribution in [0.25, 0.3) is 6.08 Å². The highest BCUT2D eigenvalue weighted by Crippen LogP contribution is 2.37. The second kappa shape index (κ2) is 14.6. The first-order valence-corrected chi connectivity index (χ1v) is 14.7. The number of alkyl halides is 3. The van der Waals surface area contributed by atoms with Gasteiger partial charge in [0.1, 0.15) is 11.5 Å². The highest BCUT2D eigenvalue weighted by molar-refractivity contribution is 8.00. The number of rotatable bonds is 9. The second-order valence-electron chi connectivity index (χ2n) is 9.43. The molecule has 0 saturated heterocycles. The minimum Gasteiger partial charge on any atom is -0.325 e. The summed E-state index contributed by atoms with van der Waals surface area (Å²) in [6.07, 6.45) is -3.62. The minimum atomic E-state index is -4.73. The molecule has 1 unspecified atom stereocenters. The fraction of sp³-hybridized carbons (Fsp3) is 0.0938. The maximum absolute atomic E-state index is 14.6. The van der Waals surface area contributed by atoms with Gasteiger partial charge in [0.25, 0.3) is 11.8 Å². The monoisotopic (exact) mass is 675 g/mol. The van der Waals surface area contributed by atoms with E-state index >= 15 is 0 Å². The molecule has 232 valence electrons. The first kappa shape index (κ1) is 33.6. The molecule has 0 heterocycles. The third-order valence-electron chi connectivity index (χ3n) is 6.14. The Morgan fingerprint density at radius 1 is 0.867 bits per heavy atom. The summed E-state index contributed by atoms with van der Waals surface area (Å²) in [4.78, 5) is 39.5. The van der Waals surface area contributed by atoms with Crippen LogP contribution in [0.3, 0.4) is 0 Å². The molecule has 6 nitrogen and oxygen atoms in total. The molecule has 4 aromatic carbocycles. The van der Waals surface area contributed by atoms with Crippen molar-refractivity contribution in [1.82, 2.24) is 5.32 Å². The normalized spacial score (nSPS) is 12.3. The molecule has 0 aromatic heterocycles. The first-order valence-electron chi connectivity index (χ1n) is 13.1. The molecule has 3 amide bonds. The molecule has 45 heavy (non-hydrogen) atoms. The number of thioether (sulfide) groups is 1. The van der Waals surface area contributed by atoms with Crippen LogP contribution in [0.15, 0.2) is 102 Å². The smallest absolute Gasteiger partial charge is 0.325 e. The van der Waals surface area contributed by atoms with Crippen LogP contribution in [-0.4, -0.2) is 23.0 Å². The molecular formula is C32H23Cl2F4N3O3S. The van der Waals surface area contributed by atoms with Gasteiger partial charge in [-0.15, -0.1) is 11.8 Å². The van der Waals surface area contributed by atoms with Crippen molar-refractivity contribution in [1.29, 1.82) is 0 Å². The number of hydrogen-bond acceptors (Lipinski definition) is 4. The van der Waals surface area contributed by atoms with Crippen LogP contribution < -0.4 is 16.0 Å². The zero-order valence-corrected chi connectivity index (χ0v) is 25.5. The lowest BCUT2D eigenvalue weighted by Crippen LogP contribution is -2.30. The average Bonchev–Trinajstić information content (AvgIpc) is 2.99. The van der Waals surface area contributed by atoms with Gasteiger partial charge in [0.15, 0.2) is 0 Å². The summed E-state index contributed by atoms with van der Waals surface area (Å²) in [6.45, 7) is 1.51. The van der Waals surface area contributed by atoms with Gasteiger partial charge in [0.2, 0.25) is 5.91 Å². The third-order valence-corrected chi connectivity index (χ3v) is 7.79. The Morgan fingerprint density at radius 2 is 1.58 bits per heavy atom. The van der Waals surface area contributed by atoms with Gasteiger partial charge in [-0.05, 0) is 73.7 Å². The number of carbonyl (C=O) groups excluding carboxylic acids is 3. The number of benzene rings is 4.